The van der Waals surface area contributed by atoms with Gasteiger partial charge in [0.25, 0.3) is 0 Å². The van der Waals surface area contributed by atoms with Crippen molar-refractivity contribution < 1.29 is 9.47 Å². The van der Waals surface area contributed by atoms with E-state index in [0.717, 1.165) is 29.6 Å². The minimum Gasteiger partial charge on any atom is -0.493 e. The lowest BCUT2D eigenvalue weighted by Crippen LogP contribution is -2.08. The zero-order valence-electron chi connectivity index (χ0n) is 13.9. The van der Waals surface area contributed by atoms with Crippen LogP contribution < -0.4 is 20.5 Å². The Kier molecular flexibility index (Phi) is 4.70. The Balaban J connectivity index is 1.91. The molecule has 0 unspecified atom stereocenters. The van der Waals surface area contributed by atoms with Crippen molar-refractivity contribution in [3.63, 3.8) is 0 Å². The maximum atomic E-state index is 6.22. The SMILES string of the molecule is COc1cc(N)c2c(NCCc3ccccc3)nccc2c1OC. The van der Waals surface area contributed by atoms with Gasteiger partial charge in [-0.3, -0.25) is 0 Å². The van der Waals surface area contributed by atoms with Crippen LogP contribution in [0, 0.1) is 0 Å². The van der Waals surface area contributed by atoms with E-state index in [-0.39, 0.29) is 0 Å². The first-order valence-corrected chi connectivity index (χ1v) is 7.81. The van der Waals surface area contributed by atoms with Crippen molar-refractivity contribution in [1.82, 2.24) is 4.98 Å². The Morgan fingerprint density at radius 3 is 2.58 bits per heavy atom. The van der Waals surface area contributed by atoms with Crippen LogP contribution in [-0.4, -0.2) is 25.7 Å². The highest BCUT2D eigenvalue weighted by Gasteiger charge is 2.15. The molecular formula is C19H21N3O2. The second-order valence-corrected chi connectivity index (χ2v) is 5.45. The summed E-state index contributed by atoms with van der Waals surface area (Å²) in [4.78, 5) is 4.44. The number of pyridine rings is 1. The molecule has 0 aliphatic carbocycles. The predicted molar refractivity (Wildman–Crippen MR) is 97.9 cm³/mol. The van der Waals surface area contributed by atoms with Gasteiger partial charge in [-0.25, -0.2) is 4.98 Å². The molecule has 0 saturated carbocycles. The van der Waals surface area contributed by atoms with Crippen LogP contribution in [0.4, 0.5) is 11.5 Å². The molecule has 5 heteroatoms. The Morgan fingerprint density at radius 1 is 1.08 bits per heavy atom. The highest BCUT2D eigenvalue weighted by atomic mass is 16.5. The summed E-state index contributed by atoms with van der Waals surface area (Å²) < 4.78 is 10.9. The van der Waals surface area contributed by atoms with E-state index in [2.05, 4.69) is 22.4 Å². The zero-order valence-corrected chi connectivity index (χ0v) is 13.9. The van der Waals surface area contributed by atoms with Crippen molar-refractivity contribution in [2.75, 3.05) is 31.8 Å². The van der Waals surface area contributed by atoms with Crippen LogP contribution in [0.15, 0.2) is 48.7 Å². The number of nitrogens with one attached hydrogen (secondary N) is 1. The summed E-state index contributed by atoms with van der Waals surface area (Å²) in [7, 11) is 3.22. The Morgan fingerprint density at radius 2 is 1.88 bits per heavy atom. The summed E-state index contributed by atoms with van der Waals surface area (Å²) in [6.45, 7) is 0.768. The summed E-state index contributed by atoms with van der Waals surface area (Å²) in [6, 6.07) is 14.0. The van der Waals surface area contributed by atoms with Crippen molar-refractivity contribution in [3.8, 4) is 11.5 Å². The van der Waals surface area contributed by atoms with Gasteiger partial charge in [-0.1, -0.05) is 30.3 Å². The highest BCUT2D eigenvalue weighted by molar-refractivity contribution is 6.05. The van der Waals surface area contributed by atoms with Gasteiger partial charge >= 0.3 is 0 Å². The average molecular weight is 323 g/mol. The summed E-state index contributed by atoms with van der Waals surface area (Å²) in [6.07, 6.45) is 2.65. The molecule has 2 aromatic carbocycles. The molecule has 0 spiro atoms. The Labute approximate surface area is 141 Å². The van der Waals surface area contributed by atoms with Crippen molar-refractivity contribution >= 4 is 22.3 Å². The lowest BCUT2D eigenvalue weighted by molar-refractivity contribution is 0.359. The van der Waals surface area contributed by atoms with Crippen LogP contribution in [0.25, 0.3) is 10.8 Å². The number of aromatic nitrogens is 1. The predicted octanol–water partition coefficient (Wildman–Crippen LogP) is 3.49. The molecule has 0 amide bonds. The lowest BCUT2D eigenvalue weighted by atomic mass is 10.1. The molecule has 0 saturated heterocycles. The summed E-state index contributed by atoms with van der Waals surface area (Å²) in [5.74, 6) is 2.03. The number of hydrogen-bond acceptors (Lipinski definition) is 5. The van der Waals surface area contributed by atoms with Crippen LogP contribution in [-0.2, 0) is 6.42 Å². The number of nitrogens with two attached hydrogens (primary N) is 1. The van der Waals surface area contributed by atoms with Crippen LogP contribution in [0.2, 0.25) is 0 Å². The second-order valence-electron chi connectivity index (χ2n) is 5.45. The van der Waals surface area contributed by atoms with Crippen LogP contribution in [0.5, 0.6) is 11.5 Å². The molecule has 3 aromatic rings. The quantitative estimate of drug-likeness (QED) is 0.680. The lowest BCUT2D eigenvalue weighted by Gasteiger charge is -2.15. The summed E-state index contributed by atoms with van der Waals surface area (Å²) >= 11 is 0. The van der Waals surface area contributed by atoms with E-state index in [1.165, 1.54) is 5.56 Å². The van der Waals surface area contributed by atoms with Crippen molar-refractivity contribution in [1.29, 1.82) is 0 Å². The number of rotatable bonds is 6. The van der Waals surface area contributed by atoms with Gasteiger partial charge in [0.05, 0.1) is 19.6 Å². The molecule has 0 aliphatic heterocycles. The number of fused-ring (bicyclic) bond motifs is 1. The first-order chi connectivity index (χ1) is 11.7. The van der Waals surface area contributed by atoms with Crippen molar-refractivity contribution in [2.24, 2.45) is 0 Å². The second kappa shape index (κ2) is 7.08. The fourth-order valence-electron chi connectivity index (χ4n) is 2.82. The van der Waals surface area contributed by atoms with Gasteiger partial charge < -0.3 is 20.5 Å². The molecule has 1 heterocycles. The molecule has 0 bridgehead atoms. The smallest absolute Gasteiger partial charge is 0.168 e. The number of methoxy groups -OCH3 is 2. The molecule has 0 fully saturated rings. The van der Waals surface area contributed by atoms with E-state index < -0.39 is 0 Å². The molecule has 3 rings (SSSR count). The number of nitrogen functional groups attached to an aromatic ring is 1. The standard InChI is InChI=1S/C19H21N3O2/c1-23-16-12-15(20)17-14(18(16)24-2)9-11-22-19(17)21-10-8-13-6-4-3-5-7-13/h3-7,9,11-12H,8,10,20H2,1-2H3,(H,21,22). The van der Waals surface area contributed by atoms with Gasteiger partial charge in [0.2, 0.25) is 0 Å². The van der Waals surface area contributed by atoms with E-state index in [1.54, 1.807) is 26.5 Å². The number of ether oxygens (including phenoxy) is 2. The zero-order chi connectivity index (χ0) is 16.9. The fourth-order valence-corrected chi connectivity index (χ4v) is 2.82. The number of benzene rings is 2. The van der Waals surface area contributed by atoms with Gasteiger partial charge in [-0.15, -0.1) is 0 Å². The molecule has 1 aromatic heterocycles. The van der Waals surface area contributed by atoms with E-state index in [4.69, 9.17) is 15.2 Å². The first-order valence-electron chi connectivity index (χ1n) is 7.81. The minimum atomic E-state index is 0.609. The largest absolute Gasteiger partial charge is 0.493 e. The van der Waals surface area contributed by atoms with Crippen LogP contribution >= 0.6 is 0 Å². The van der Waals surface area contributed by atoms with Crippen LogP contribution in [0.3, 0.4) is 0 Å². The van der Waals surface area contributed by atoms with Gasteiger partial charge in [-0.2, -0.15) is 0 Å². The number of hydrogen-bond donors (Lipinski definition) is 2. The third-order valence-electron chi connectivity index (χ3n) is 3.97. The molecule has 124 valence electrons. The molecule has 24 heavy (non-hydrogen) atoms. The minimum absolute atomic E-state index is 0.609. The first kappa shape index (κ1) is 15.9. The molecular weight excluding hydrogens is 302 g/mol. The molecule has 5 nitrogen and oxygen atoms in total. The number of anilines is 2. The fraction of sp³-hybridized carbons (Fsp3) is 0.211. The normalized spacial score (nSPS) is 10.6. The molecule has 0 atom stereocenters. The topological polar surface area (TPSA) is 69.4 Å². The Bertz CT molecular complexity index is 835. The van der Waals surface area contributed by atoms with Gasteiger partial charge in [0.15, 0.2) is 11.5 Å². The van der Waals surface area contributed by atoms with Crippen molar-refractivity contribution in [2.45, 2.75) is 6.42 Å². The highest BCUT2D eigenvalue weighted by Crippen LogP contribution is 2.41. The monoisotopic (exact) mass is 323 g/mol. The van der Waals surface area contributed by atoms with E-state index >= 15 is 0 Å². The molecule has 3 N–H and O–H groups in total. The third kappa shape index (κ3) is 3.06. The van der Waals surface area contributed by atoms with Gasteiger partial charge in [0.1, 0.15) is 5.82 Å². The third-order valence-corrected chi connectivity index (χ3v) is 3.97. The van der Waals surface area contributed by atoms with E-state index in [1.807, 2.05) is 24.3 Å². The Hall–Kier alpha value is -2.95. The number of nitrogens with zero attached hydrogens (tertiary/aromatic N) is 1. The molecule has 0 aliphatic rings. The maximum absolute atomic E-state index is 6.22. The van der Waals surface area contributed by atoms with E-state index in [0.29, 0.717) is 17.2 Å². The summed E-state index contributed by atoms with van der Waals surface area (Å²) in [5.41, 5.74) is 8.11. The maximum Gasteiger partial charge on any atom is 0.168 e. The summed E-state index contributed by atoms with van der Waals surface area (Å²) in [5, 5.41) is 5.11. The van der Waals surface area contributed by atoms with Gasteiger partial charge in [0, 0.05) is 29.9 Å². The average Bonchev–Trinajstić information content (AvgIpc) is 2.62. The van der Waals surface area contributed by atoms with Crippen LogP contribution in [0.1, 0.15) is 5.56 Å². The van der Waals surface area contributed by atoms with E-state index in [9.17, 15) is 0 Å². The van der Waals surface area contributed by atoms with Crippen molar-refractivity contribution in [3.05, 3.63) is 54.2 Å². The van der Waals surface area contributed by atoms with Gasteiger partial charge in [-0.05, 0) is 18.1 Å². The molecule has 0 radical (unpaired) electrons.